The molecule has 0 aliphatic carbocycles. The van der Waals surface area contributed by atoms with Crippen molar-refractivity contribution in [2.75, 3.05) is 38.6 Å². The minimum Gasteiger partial charge on any atom is -0.497 e. The molecule has 0 radical (unpaired) electrons. The molecule has 30 heavy (non-hydrogen) atoms. The highest BCUT2D eigenvalue weighted by Gasteiger charge is 2.12. The summed E-state index contributed by atoms with van der Waals surface area (Å²) in [6, 6.07) is 11.9. The minimum atomic E-state index is 0.703. The first-order valence-corrected chi connectivity index (χ1v) is 11.5. The standard InChI is InChI=1S/C25H34ClN3O/c1-5-13-29(17-18(3)6-2)14-7-12-27-25-21-10-8-19(26)15-24(21)28-23-11-9-20(30-4)16-22(23)25/h8-11,15-16,18H,5-7,12-14,17H2,1-4H3,(H,27,28). The molecule has 1 unspecified atom stereocenters. The van der Waals surface area contributed by atoms with E-state index in [4.69, 9.17) is 21.3 Å². The lowest BCUT2D eigenvalue weighted by Gasteiger charge is -2.25. The van der Waals surface area contributed by atoms with Gasteiger partial charge in [0.1, 0.15) is 5.75 Å². The molecule has 3 rings (SSSR count). The van der Waals surface area contributed by atoms with Crippen LogP contribution in [0.5, 0.6) is 5.75 Å². The molecule has 0 amide bonds. The van der Waals surface area contributed by atoms with Gasteiger partial charge in [0.2, 0.25) is 0 Å². The van der Waals surface area contributed by atoms with Gasteiger partial charge in [0.05, 0.1) is 23.8 Å². The van der Waals surface area contributed by atoms with Crippen LogP contribution in [0.1, 0.15) is 40.0 Å². The third-order valence-electron chi connectivity index (χ3n) is 5.70. The van der Waals surface area contributed by atoms with Crippen LogP contribution in [-0.4, -0.2) is 43.2 Å². The maximum absolute atomic E-state index is 6.23. The van der Waals surface area contributed by atoms with Crippen LogP contribution in [0.3, 0.4) is 0 Å². The highest BCUT2D eigenvalue weighted by atomic mass is 35.5. The van der Waals surface area contributed by atoms with Crippen LogP contribution in [-0.2, 0) is 0 Å². The number of methoxy groups -OCH3 is 1. The van der Waals surface area contributed by atoms with E-state index in [0.717, 1.165) is 58.7 Å². The molecular weight excluding hydrogens is 394 g/mol. The van der Waals surface area contributed by atoms with Crippen molar-refractivity contribution in [3.05, 3.63) is 41.4 Å². The summed E-state index contributed by atoms with van der Waals surface area (Å²) in [6.07, 6.45) is 3.53. The number of hydrogen-bond donors (Lipinski definition) is 1. The van der Waals surface area contributed by atoms with Crippen LogP contribution in [0.2, 0.25) is 5.02 Å². The van der Waals surface area contributed by atoms with E-state index in [0.29, 0.717) is 5.02 Å². The number of benzene rings is 2. The second-order valence-corrected chi connectivity index (χ2v) is 8.56. The van der Waals surface area contributed by atoms with Gasteiger partial charge in [0, 0.05) is 28.9 Å². The molecule has 0 saturated heterocycles. The predicted octanol–water partition coefficient (Wildman–Crippen LogP) is 6.61. The Hall–Kier alpha value is -2.04. The molecule has 0 saturated carbocycles. The van der Waals surface area contributed by atoms with E-state index < -0.39 is 0 Å². The lowest BCUT2D eigenvalue weighted by Crippen LogP contribution is -2.31. The second kappa shape index (κ2) is 10.8. The molecule has 162 valence electrons. The Labute approximate surface area is 185 Å². The van der Waals surface area contributed by atoms with Crippen LogP contribution in [0.4, 0.5) is 5.69 Å². The van der Waals surface area contributed by atoms with Gasteiger partial charge in [-0.05, 0) is 68.2 Å². The van der Waals surface area contributed by atoms with E-state index >= 15 is 0 Å². The van der Waals surface area contributed by atoms with Crippen molar-refractivity contribution in [3.8, 4) is 5.75 Å². The number of nitrogens with one attached hydrogen (secondary N) is 1. The molecule has 3 aromatic rings. The zero-order valence-electron chi connectivity index (χ0n) is 18.7. The first kappa shape index (κ1) is 22.6. The molecule has 0 spiro atoms. The molecule has 5 heteroatoms. The average molecular weight is 428 g/mol. The largest absolute Gasteiger partial charge is 0.497 e. The third kappa shape index (κ3) is 5.55. The van der Waals surface area contributed by atoms with Crippen molar-refractivity contribution in [1.29, 1.82) is 0 Å². The van der Waals surface area contributed by atoms with Crippen molar-refractivity contribution in [2.24, 2.45) is 5.92 Å². The molecule has 0 aliphatic heterocycles. The van der Waals surface area contributed by atoms with Gasteiger partial charge in [0.15, 0.2) is 0 Å². The maximum Gasteiger partial charge on any atom is 0.119 e. The van der Waals surface area contributed by atoms with Gasteiger partial charge >= 0.3 is 0 Å². The Kier molecular flexibility index (Phi) is 8.17. The Bertz CT molecular complexity index is 975. The SMILES string of the molecule is CCCN(CCCNc1c2ccc(Cl)cc2nc2ccc(OC)cc12)CC(C)CC. The normalized spacial score (nSPS) is 12.6. The molecule has 4 nitrogen and oxygen atoms in total. The fourth-order valence-corrected chi connectivity index (χ4v) is 4.08. The quantitative estimate of drug-likeness (QED) is 0.276. The number of pyridine rings is 1. The van der Waals surface area contributed by atoms with E-state index in [1.807, 2.05) is 24.3 Å². The number of nitrogens with zero attached hydrogens (tertiary/aromatic N) is 2. The van der Waals surface area contributed by atoms with E-state index in [1.54, 1.807) is 7.11 Å². The summed E-state index contributed by atoms with van der Waals surface area (Å²) in [5, 5.41) is 6.57. The number of halogens is 1. The number of fused-ring (bicyclic) bond motifs is 2. The van der Waals surface area contributed by atoms with E-state index in [1.165, 1.54) is 25.9 Å². The van der Waals surface area contributed by atoms with Crippen LogP contribution in [0, 0.1) is 5.92 Å². The first-order chi connectivity index (χ1) is 14.5. The van der Waals surface area contributed by atoms with Crippen LogP contribution in [0.15, 0.2) is 36.4 Å². The average Bonchev–Trinajstić information content (AvgIpc) is 2.75. The highest BCUT2D eigenvalue weighted by molar-refractivity contribution is 6.31. The van der Waals surface area contributed by atoms with Crippen molar-refractivity contribution in [1.82, 2.24) is 9.88 Å². The van der Waals surface area contributed by atoms with Crippen molar-refractivity contribution in [3.63, 3.8) is 0 Å². The van der Waals surface area contributed by atoms with Gasteiger partial charge in [-0.1, -0.05) is 38.8 Å². The van der Waals surface area contributed by atoms with Crippen molar-refractivity contribution < 1.29 is 4.74 Å². The summed E-state index contributed by atoms with van der Waals surface area (Å²) in [7, 11) is 1.70. The summed E-state index contributed by atoms with van der Waals surface area (Å²) in [5.74, 6) is 1.58. The number of rotatable bonds is 11. The van der Waals surface area contributed by atoms with E-state index in [2.05, 4.69) is 43.1 Å². The van der Waals surface area contributed by atoms with E-state index in [9.17, 15) is 0 Å². The molecule has 0 bridgehead atoms. The summed E-state index contributed by atoms with van der Waals surface area (Å²) in [4.78, 5) is 7.41. The Morgan fingerprint density at radius 3 is 2.63 bits per heavy atom. The van der Waals surface area contributed by atoms with Gasteiger partial charge in [-0.15, -0.1) is 0 Å². The van der Waals surface area contributed by atoms with Crippen LogP contribution >= 0.6 is 11.6 Å². The lowest BCUT2D eigenvalue weighted by atomic mass is 10.1. The van der Waals surface area contributed by atoms with Gasteiger partial charge in [0.25, 0.3) is 0 Å². The maximum atomic E-state index is 6.23. The zero-order chi connectivity index (χ0) is 21.5. The van der Waals surface area contributed by atoms with Crippen molar-refractivity contribution >= 4 is 39.1 Å². The highest BCUT2D eigenvalue weighted by Crippen LogP contribution is 2.34. The third-order valence-corrected chi connectivity index (χ3v) is 5.94. The smallest absolute Gasteiger partial charge is 0.119 e. The topological polar surface area (TPSA) is 37.4 Å². The van der Waals surface area contributed by atoms with Gasteiger partial charge in [-0.25, -0.2) is 4.98 Å². The summed E-state index contributed by atoms with van der Waals surface area (Å²) in [5.41, 5.74) is 2.96. The number of aromatic nitrogens is 1. The molecular formula is C25H34ClN3O. The second-order valence-electron chi connectivity index (χ2n) is 8.13. The predicted molar refractivity (Wildman–Crippen MR) is 130 cm³/mol. The summed E-state index contributed by atoms with van der Waals surface area (Å²) < 4.78 is 5.46. The Morgan fingerprint density at radius 1 is 1.07 bits per heavy atom. The van der Waals surface area contributed by atoms with Crippen LogP contribution < -0.4 is 10.1 Å². The minimum absolute atomic E-state index is 0.703. The van der Waals surface area contributed by atoms with Crippen LogP contribution in [0.25, 0.3) is 21.8 Å². The van der Waals surface area contributed by atoms with Gasteiger partial charge in [-0.3, -0.25) is 0 Å². The fraction of sp³-hybridized carbons (Fsp3) is 0.480. The number of hydrogen-bond acceptors (Lipinski definition) is 4. The fourth-order valence-electron chi connectivity index (χ4n) is 3.91. The molecule has 1 aromatic heterocycles. The van der Waals surface area contributed by atoms with Crippen molar-refractivity contribution in [2.45, 2.75) is 40.0 Å². The Morgan fingerprint density at radius 2 is 1.90 bits per heavy atom. The summed E-state index contributed by atoms with van der Waals surface area (Å²) >= 11 is 6.23. The van der Waals surface area contributed by atoms with Gasteiger partial charge in [-0.2, -0.15) is 0 Å². The monoisotopic (exact) mass is 427 g/mol. The number of ether oxygens (including phenoxy) is 1. The summed E-state index contributed by atoms with van der Waals surface area (Å²) in [6.45, 7) is 11.2. The lowest BCUT2D eigenvalue weighted by molar-refractivity contribution is 0.234. The van der Waals surface area contributed by atoms with E-state index in [-0.39, 0.29) is 0 Å². The van der Waals surface area contributed by atoms with Gasteiger partial charge < -0.3 is 15.0 Å². The first-order valence-electron chi connectivity index (χ1n) is 11.1. The Balaban J connectivity index is 1.81. The molecule has 1 atom stereocenters. The number of anilines is 1. The molecule has 1 N–H and O–H groups in total. The molecule has 2 aromatic carbocycles. The zero-order valence-corrected chi connectivity index (χ0v) is 19.4. The molecule has 0 aliphatic rings. The molecule has 0 fully saturated rings. The molecule has 1 heterocycles.